The van der Waals surface area contributed by atoms with Crippen molar-refractivity contribution < 1.29 is 4.52 Å². The van der Waals surface area contributed by atoms with Crippen LogP contribution >= 0.6 is 0 Å². The monoisotopic (exact) mass is 230 g/mol. The van der Waals surface area contributed by atoms with Gasteiger partial charge in [0.15, 0.2) is 0 Å². The van der Waals surface area contributed by atoms with Crippen molar-refractivity contribution in [2.45, 2.75) is 6.42 Å². The van der Waals surface area contributed by atoms with Crippen LogP contribution in [0.25, 0.3) is 11.5 Å². The van der Waals surface area contributed by atoms with E-state index in [0.717, 1.165) is 18.5 Å². The van der Waals surface area contributed by atoms with Gasteiger partial charge in [-0.05, 0) is 29.3 Å². The van der Waals surface area contributed by atoms with E-state index in [4.69, 9.17) is 4.52 Å². The van der Waals surface area contributed by atoms with E-state index < -0.39 is 0 Å². The Morgan fingerprint density at radius 1 is 1.35 bits per heavy atom. The molecule has 0 amide bonds. The maximum absolute atomic E-state index is 5.24. The van der Waals surface area contributed by atoms with Crippen LogP contribution in [0.2, 0.25) is 0 Å². The highest BCUT2D eigenvalue weighted by Gasteiger charge is 2.14. The summed E-state index contributed by atoms with van der Waals surface area (Å²) >= 11 is 0. The highest BCUT2D eigenvalue weighted by atomic mass is 16.5. The number of benzene rings is 1. The summed E-state index contributed by atoms with van der Waals surface area (Å²) in [7, 11) is 3.78. The molecule has 1 aliphatic rings. The summed E-state index contributed by atoms with van der Waals surface area (Å²) in [6.07, 6.45) is 1.09. The van der Waals surface area contributed by atoms with E-state index in [2.05, 4.69) is 27.6 Å². The van der Waals surface area contributed by atoms with E-state index in [1.165, 1.54) is 11.3 Å². The minimum Gasteiger partial charge on any atom is -0.384 e. The van der Waals surface area contributed by atoms with Gasteiger partial charge in [0.05, 0.1) is 0 Å². The molecular weight excluding hydrogens is 216 g/mol. The van der Waals surface area contributed by atoms with Crippen LogP contribution in [0.3, 0.4) is 0 Å². The number of aromatic nitrogens is 2. The zero-order valence-corrected chi connectivity index (χ0v) is 9.90. The number of anilines is 2. The number of nitrogens with one attached hydrogen (secondary N) is 1. The smallest absolute Gasteiger partial charge is 0.265 e. The van der Waals surface area contributed by atoms with Gasteiger partial charge in [0, 0.05) is 31.9 Å². The zero-order chi connectivity index (χ0) is 11.8. The van der Waals surface area contributed by atoms with E-state index in [0.29, 0.717) is 11.8 Å². The van der Waals surface area contributed by atoms with Gasteiger partial charge in [0.2, 0.25) is 0 Å². The molecular formula is C12H14N4O. The Bertz CT molecular complexity index is 547. The van der Waals surface area contributed by atoms with Crippen LogP contribution in [0.5, 0.6) is 0 Å². The molecule has 2 heterocycles. The van der Waals surface area contributed by atoms with Gasteiger partial charge in [-0.2, -0.15) is 4.98 Å². The van der Waals surface area contributed by atoms with Gasteiger partial charge in [-0.3, -0.25) is 0 Å². The highest BCUT2D eigenvalue weighted by molar-refractivity contribution is 5.66. The first-order valence-corrected chi connectivity index (χ1v) is 5.62. The summed E-state index contributed by atoms with van der Waals surface area (Å²) in [6.45, 7) is 1.01. The molecule has 0 unspecified atom stereocenters. The van der Waals surface area contributed by atoms with Crippen LogP contribution in [0.1, 0.15) is 5.56 Å². The topological polar surface area (TPSA) is 54.2 Å². The molecule has 0 saturated carbocycles. The second-order valence-corrected chi connectivity index (χ2v) is 4.34. The first kappa shape index (κ1) is 10.1. The predicted octanol–water partition coefficient (Wildman–Crippen LogP) is 1.77. The second-order valence-electron chi connectivity index (χ2n) is 4.34. The van der Waals surface area contributed by atoms with Crippen LogP contribution in [0, 0.1) is 0 Å². The molecule has 2 aromatic rings. The lowest BCUT2D eigenvalue weighted by Crippen LogP contribution is -2.10. The van der Waals surface area contributed by atoms with Crippen molar-refractivity contribution in [3.8, 4) is 11.5 Å². The van der Waals surface area contributed by atoms with Crippen molar-refractivity contribution >= 4 is 11.6 Å². The zero-order valence-electron chi connectivity index (χ0n) is 9.90. The first-order valence-electron chi connectivity index (χ1n) is 5.62. The van der Waals surface area contributed by atoms with E-state index in [-0.39, 0.29) is 0 Å². The largest absolute Gasteiger partial charge is 0.384 e. The van der Waals surface area contributed by atoms with Crippen LogP contribution in [0.4, 0.5) is 11.6 Å². The maximum Gasteiger partial charge on any atom is 0.265 e. The number of hydrogen-bond acceptors (Lipinski definition) is 5. The molecule has 0 saturated heterocycles. The standard InChI is InChI=1S/C12H14N4O/c1-16(2)12-14-11(17-15-12)9-4-3-8-5-6-13-10(8)7-9/h3-4,7,13H,5-6H2,1-2H3. The highest BCUT2D eigenvalue weighted by Crippen LogP contribution is 2.28. The number of fused-ring (bicyclic) bond motifs is 1. The molecule has 0 spiro atoms. The quantitative estimate of drug-likeness (QED) is 0.852. The minimum absolute atomic E-state index is 0.560. The SMILES string of the molecule is CN(C)c1noc(-c2ccc3c(c2)NCC3)n1. The molecule has 1 aromatic carbocycles. The number of rotatable bonds is 2. The Labute approximate surface area is 99.4 Å². The van der Waals surface area contributed by atoms with Crippen LogP contribution < -0.4 is 10.2 Å². The Hall–Kier alpha value is -2.04. The molecule has 0 aliphatic carbocycles. The van der Waals surface area contributed by atoms with Gasteiger partial charge in [-0.15, -0.1) is 0 Å². The van der Waals surface area contributed by atoms with Crippen molar-refractivity contribution in [1.29, 1.82) is 0 Å². The fraction of sp³-hybridized carbons (Fsp3) is 0.333. The maximum atomic E-state index is 5.24. The average molecular weight is 230 g/mol. The molecule has 5 heteroatoms. The van der Waals surface area contributed by atoms with Crippen LogP contribution in [0.15, 0.2) is 22.7 Å². The number of nitrogens with zero attached hydrogens (tertiary/aromatic N) is 3. The molecule has 1 aliphatic heterocycles. The molecule has 5 nitrogen and oxygen atoms in total. The van der Waals surface area contributed by atoms with Crippen molar-refractivity contribution in [1.82, 2.24) is 10.1 Å². The Morgan fingerprint density at radius 3 is 3.00 bits per heavy atom. The molecule has 0 atom stereocenters. The molecule has 0 fully saturated rings. The molecule has 88 valence electrons. The third kappa shape index (κ3) is 1.73. The predicted molar refractivity (Wildman–Crippen MR) is 66.3 cm³/mol. The van der Waals surface area contributed by atoms with Crippen molar-refractivity contribution in [2.75, 3.05) is 30.9 Å². The molecule has 0 bridgehead atoms. The lowest BCUT2D eigenvalue weighted by atomic mass is 10.1. The van der Waals surface area contributed by atoms with Gasteiger partial charge in [-0.25, -0.2) is 0 Å². The van der Waals surface area contributed by atoms with Crippen molar-refractivity contribution in [3.63, 3.8) is 0 Å². The van der Waals surface area contributed by atoms with E-state index >= 15 is 0 Å². The van der Waals surface area contributed by atoms with E-state index in [1.54, 1.807) is 0 Å². The lowest BCUT2D eigenvalue weighted by molar-refractivity contribution is 0.431. The van der Waals surface area contributed by atoms with Gasteiger partial charge >= 0.3 is 0 Å². The Kier molecular flexibility index (Phi) is 2.24. The normalized spacial score (nSPS) is 13.3. The van der Waals surface area contributed by atoms with Crippen LogP contribution in [-0.2, 0) is 6.42 Å². The molecule has 0 radical (unpaired) electrons. The van der Waals surface area contributed by atoms with Gasteiger partial charge in [0.25, 0.3) is 11.8 Å². The molecule has 1 aromatic heterocycles. The van der Waals surface area contributed by atoms with E-state index in [1.807, 2.05) is 25.1 Å². The summed E-state index contributed by atoms with van der Waals surface area (Å²) in [4.78, 5) is 6.14. The fourth-order valence-corrected chi connectivity index (χ4v) is 1.94. The average Bonchev–Trinajstić information content (AvgIpc) is 2.97. The Morgan fingerprint density at radius 2 is 2.24 bits per heavy atom. The summed E-state index contributed by atoms with van der Waals surface area (Å²) in [5, 5.41) is 7.24. The third-order valence-corrected chi connectivity index (χ3v) is 2.88. The van der Waals surface area contributed by atoms with Gasteiger partial charge in [-0.1, -0.05) is 6.07 Å². The lowest BCUT2D eigenvalue weighted by Gasteiger charge is -2.03. The summed E-state index contributed by atoms with van der Waals surface area (Å²) in [6, 6.07) is 6.21. The summed E-state index contributed by atoms with van der Waals surface area (Å²) < 4.78 is 5.24. The molecule has 17 heavy (non-hydrogen) atoms. The summed E-state index contributed by atoms with van der Waals surface area (Å²) in [5.41, 5.74) is 3.48. The molecule has 1 N–H and O–H groups in total. The van der Waals surface area contributed by atoms with Crippen molar-refractivity contribution in [2.24, 2.45) is 0 Å². The fourth-order valence-electron chi connectivity index (χ4n) is 1.94. The third-order valence-electron chi connectivity index (χ3n) is 2.88. The van der Waals surface area contributed by atoms with Crippen molar-refractivity contribution in [3.05, 3.63) is 23.8 Å². The second kappa shape index (κ2) is 3.76. The minimum atomic E-state index is 0.560. The van der Waals surface area contributed by atoms with Crippen LogP contribution in [-0.4, -0.2) is 30.8 Å². The van der Waals surface area contributed by atoms with Gasteiger partial charge < -0.3 is 14.7 Å². The van der Waals surface area contributed by atoms with Gasteiger partial charge in [0.1, 0.15) is 0 Å². The van der Waals surface area contributed by atoms with E-state index in [9.17, 15) is 0 Å². The summed E-state index contributed by atoms with van der Waals surface area (Å²) in [5.74, 6) is 1.15. The first-order chi connectivity index (χ1) is 8.24. The Balaban J connectivity index is 1.97. The molecule has 3 rings (SSSR count). The number of hydrogen-bond donors (Lipinski definition) is 1.